The van der Waals surface area contributed by atoms with Gasteiger partial charge in [0.25, 0.3) is 0 Å². The second-order valence-electron chi connectivity index (χ2n) is 5.59. The standard InChI is InChI=1S/C20H19NO6S/c1-3-26-20(22)10-7-15-5-4-6-16(11-15)14-28(23,24)27-19-9-8-18(25-2)12-17(19)13-21/h4-12H,3,14H2,1-2H3/b10-7+. The topological polar surface area (TPSA) is 103 Å². The molecule has 0 spiro atoms. The SMILES string of the molecule is CCOC(=O)/C=C/c1cccc(CS(=O)(=O)Oc2ccc(OC)cc2C#N)c1. The number of hydrogen-bond donors (Lipinski definition) is 0. The number of rotatable bonds is 8. The first kappa shape index (κ1) is 21.0. The van der Waals surface area contributed by atoms with Gasteiger partial charge in [0.1, 0.15) is 17.6 Å². The van der Waals surface area contributed by atoms with Crippen molar-refractivity contribution in [3.8, 4) is 17.6 Å². The molecule has 0 unspecified atom stereocenters. The molecule has 0 saturated carbocycles. The Hall–Kier alpha value is -3.31. The van der Waals surface area contributed by atoms with Crippen LogP contribution in [0.15, 0.2) is 48.5 Å². The molecule has 0 bridgehead atoms. The normalized spacial score (nSPS) is 11.0. The Labute approximate surface area is 163 Å². The van der Waals surface area contributed by atoms with E-state index < -0.39 is 21.8 Å². The molecule has 0 aliphatic rings. The van der Waals surface area contributed by atoms with E-state index in [0.717, 1.165) is 0 Å². The van der Waals surface area contributed by atoms with E-state index in [9.17, 15) is 18.5 Å². The fourth-order valence-corrected chi connectivity index (χ4v) is 3.37. The summed E-state index contributed by atoms with van der Waals surface area (Å²) in [4.78, 5) is 11.4. The van der Waals surface area contributed by atoms with E-state index in [-0.39, 0.29) is 17.9 Å². The van der Waals surface area contributed by atoms with Crippen LogP contribution in [0.1, 0.15) is 23.6 Å². The lowest BCUT2D eigenvalue weighted by molar-refractivity contribution is -0.137. The third-order valence-corrected chi connectivity index (χ3v) is 4.64. The average Bonchev–Trinajstić information content (AvgIpc) is 2.66. The maximum absolute atomic E-state index is 12.4. The van der Waals surface area contributed by atoms with Gasteiger partial charge in [0.15, 0.2) is 5.75 Å². The molecule has 0 N–H and O–H groups in total. The molecule has 0 heterocycles. The Morgan fingerprint density at radius 3 is 2.68 bits per heavy atom. The highest BCUT2D eigenvalue weighted by Gasteiger charge is 2.17. The van der Waals surface area contributed by atoms with Gasteiger partial charge in [-0.1, -0.05) is 24.3 Å². The Balaban J connectivity index is 2.16. The van der Waals surface area contributed by atoms with Crippen LogP contribution < -0.4 is 8.92 Å². The van der Waals surface area contributed by atoms with E-state index in [2.05, 4.69) is 0 Å². The molecule has 0 aliphatic heterocycles. The maximum Gasteiger partial charge on any atom is 0.330 e. The minimum absolute atomic E-state index is 0.0500. The molecule has 0 amide bonds. The summed E-state index contributed by atoms with van der Waals surface area (Å²) in [7, 11) is -2.56. The zero-order chi connectivity index (χ0) is 20.6. The summed E-state index contributed by atoms with van der Waals surface area (Å²) < 4.78 is 39.7. The molecule has 2 aromatic rings. The van der Waals surface area contributed by atoms with Crippen LogP contribution in [-0.4, -0.2) is 28.1 Å². The van der Waals surface area contributed by atoms with Crippen LogP contribution in [0.25, 0.3) is 6.08 Å². The first-order chi connectivity index (χ1) is 13.4. The van der Waals surface area contributed by atoms with Crippen molar-refractivity contribution in [2.45, 2.75) is 12.7 Å². The molecule has 0 aliphatic carbocycles. The number of ether oxygens (including phenoxy) is 2. The van der Waals surface area contributed by atoms with Crippen LogP contribution in [-0.2, 0) is 25.4 Å². The summed E-state index contributed by atoms with van der Waals surface area (Å²) in [6.45, 7) is 1.98. The zero-order valence-corrected chi connectivity index (χ0v) is 16.2. The highest BCUT2D eigenvalue weighted by molar-refractivity contribution is 7.86. The highest BCUT2D eigenvalue weighted by atomic mass is 32.2. The number of esters is 1. The van der Waals surface area contributed by atoms with Crippen LogP contribution in [0.4, 0.5) is 0 Å². The number of carbonyl (C=O) groups excluding carboxylic acids is 1. The van der Waals surface area contributed by atoms with Gasteiger partial charge >= 0.3 is 16.1 Å². The number of methoxy groups -OCH3 is 1. The van der Waals surface area contributed by atoms with E-state index in [1.807, 2.05) is 6.07 Å². The number of nitrogens with zero attached hydrogens (tertiary/aromatic N) is 1. The van der Waals surface area contributed by atoms with Crippen molar-refractivity contribution in [3.05, 3.63) is 65.2 Å². The van der Waals surface area contributed by atoms with Crippen molar-refractivity contribution >= 4 is 22.2 Å². The quantitative estimate of drug-likeness (QED) is 0.380. The fourth-order valence-electron chi connectivity index (χ4n) is 2.31. The minimum Gasteiger partial charge on any atom is -0.497 e. The Morgan fingerprint density at radius 2 is 2.00 bits per heavy atom. The molecule has 7 nitrogen and oxygen atoms in total. The van der Waals surface area contributed by atoms with Crippen LogP contribution in [0, 0.1) is 11.3 Å². The lowest BCUT2D eigenvalue weighted by atomic mass is 10.1. The number of carbonyl (C=O) groups is 1. The molecule has 8 heteroatoms. The lowest BCUT2D eigenvalue weighted by Crippen LogP contribution is -2.13. The van der Waals surface area contributed by atoms with Crippen molar-refractivity contribution < 1.29 is 26.9 Å². The minimum atomic E-state index is -4.00. The molecule has 0 aromatic heterocycles. The van der Waals surface area contributed by atoms with Gasteiger partial charge in [-0.25, -0.2) is 4.79 Å². The van der Waals surface area contributed by atoms with Crippen LogP contribution in [0.3, 0.4) is 0 Å². The van der Waals surface area contributed by atoms with Gasteiger partial charge in [0.2, 0.25) is 0 Å². The smallest absolute Gasteiger partial charge is 0.330 e. The maximum atomic E-state index is 12.4. The highest BCUT2D eigenvalue weighted by Crippen LogP contribution is 2.25. The summed E-state index contributed by atoms with van der Waals surface area (Å²) in [5.41, 5.74) is 1.16. The van der Waals surface area contributed by atoms with Crippen molar-refractivity contribution in [2.75, 3.05) is 13.7 Å². The van der Waals surface area contributed by atoms with Crippen molar-refractivity contribution in [1.29, 1.82) is 5.26 Å². The second kappa shape index (κ2) is 9.58. The molecule has 2 rings (SSSR count). The van der Waals surface area contributed by atoms with E-state index in [4.69, 9.17) is 13.7 Å². The predicted octanol–water partition coefficient (Wildman–Crippen LogP) is 3.05. The van der Waals surface area contributed by atoms with Gasteiger partial charge in [-0.15, -0.1) is 0 Å². The average molecular weight is 401 g/mol. The molecule has 146 valence electrons. The van der Waals surface area contributed by atoms with E-state index in [1.54, 1.807) is 31.2 Å². The van der Waals surface area contributed by atoms with E-state index in [1.165, 1.54) is 37.5 Å². The van der Waals surface area contributed by atoms with Crippen LogP contribution >= 0.6 is 0 Å². The fraction of sp³-hybridized carbons (Fsp3) is 0.200. The van der Waals surface area contributed by atoms with Crippen LogP contribution in [0.5, 0.6) is 11.5 Å². The van der Waals surface area contributed by atoms with Crippen molar-refractivity contribution in [1.82, 2.24) is 0 Å². The Bertz CT molecular complexity index is 1020. The Morgan fingerprint density at radius 1 is 1.21 bits per heavy atom. The summed E-state index contributed by atoms with van der Waals surface area (Å²) in [6, 6.07) is 12.8. The van der Waals surface area contributed by atoms with Gasteiger partial charge in [-0.05, 0) is 36.3 Å². The summed E-state index contributed by atoms with van der Waals surface area (Å²) in [5, 5.41) is 9.18. The van der Waals surface area contributed by atoms with E-state index >= 15 is 0 Å². The van der Waals surface area contributed by atoms with Gasteiger partial charge in [-0.2, -0.15) is 13.7 Å². The van der Waals surface area contributed by atoms with Crippen LogP contribution in [0.2, 0.25) is 0 Å². The predicted molar refractivity (Wildman–Crippen MR) is 103 cm³/mol. The molecule has 28 heavy (non-hydrogen) atoms. The molecule has 0 fully saturated rings. The zero-order valence-electron chi connectivity index (χ0n) is 15.4. The van der Waals surface area contributed by atoms with Gasteiger partial charge < -0.3 is 13.7 Å². The number of benzene rings is 2. The second-order valence-corrected chi connectivity index (χ2v) is 7.16. The van der Waals surface area contributed by atoms with Gasteiger partial charge in [0, 0.05) is 12.1 Å². The molecule has 0 saturated heterocycles. The lowest BCUT2D eigenvalue weighted by Gasteiger charge is -2.10. The summed E-state index contributed by atoms with van der Waals surface area (Å²) in [6.07, 6.45) is 2.80. The molecule has 2 aromatic carbocycles. The number of hydrogen-bond acceptors (Lipinski definition) is 7. The Kier molecular flexibility index (Phi) is 7.18. The number of nitriles is 1. The van der Waals surface area contributed by atoms with Gasteiger partial charge in [0.05, 0.1) is 19.3 Å². The monoisotopic (exact) mass is 401 g/mol. The molecular formula is C20H19NO6S. The van der Waals surface area contributed by atoms with E-state index in [0.29, 0.717) is 16.9 Å². The summed E-state index contributed by atoms with van der Waals surface area (Å²) in [5.74, 6) is -0.526. The van der Waals surface area contributed by atoms with Crippen molar-refractivity contribution in [2.24, 2.45) is 0 Å². The van der Waals surface area contributed by atoms with Crippen molar-refractivity contribution in [3.63, 3.8) is 0 Å². The first-order valence-electron chi connectivity index (χ1n) is 8.31. The third kappa shape index (κ3) is 6.14. The largest absolute Gasteiger partial charge is 0.497 e. The molecule has 0 atom stereocenters. The third-order valence-electron chi connectivity index (χ3n) is 3.52. The first-order valence-corrected chi connectivity index (χ1v) is 9.88. The molecular weight excluding hydrogens is 382 g/mol. The molecule has 0 radical (unpaired) electrons. The summed E-state index contributed by atoms with van der Waals surface area (Å²) >= 11 is 0. The van der Waals surface area contributed by atoms with Gasteiger partial charge in [-0.3, -0.25) is 0 Å².